The molecule has 0 aromatic heterocycles. The SMILES string of the molecule is COc1cc(/C=C/[C@]23NC(=O)CCN2c2ccc(C)cc2C3(C)C)ccc1OC(C)C. The topological polar surface area (TPSA) is 50.8 Å². The van der Waals surface area contributed by atoms with E-state index in [9.17, 15) is 4.79 Å². The van der Waals surface area contributed by atoms with E-state index < -0.39 is 5.66 Å². The monoisotopic (exact) mass is 420 g/mol. The minimum absolute atomic E-state index is 0.0708. The van der Waals surface area contributed by atoms with Crippen LogP contribution in [0.4, 0.5) is 5.69 Å². The minimum Gasteiger partial charge on any atom is -0.493 e. The molecule has 4 rings (SSSR count). The van der Waals surface area contributed by atoms with Crippen molar-refractivity contribution in [2.75, 3.05) is 18.6 Å². The molecule has 2 aliphatic rings. The van der Waals surface area contributed by atoms with E-state index >= 15 is 0 Å². The average molecular weight is 421 g/mol. The van der Waals surface area contributed by atoms with Crippen LogP contribution in [0, 0.1) is 6.92 Å². The summed E-state index contributed by atoms with van der Waals surface area (Å²) in [4.78, 5) is 14.9. The van der Waals surface area contributed by atoms with E-state index in [2.05, 4.69) is 61.3 Å². The number of anilines is 1. The number of methoxy groups -OCH3 is 1. The second-order valence-corrected chi connectivity index (χ2v) is 9.27. The van der Waals surface area contributed by atoms with Gasteiger partial charge in [0.25, 0.3) is 0 Å². The lowest BCUT2D eigenvalue weighted by atomic mass is 9.74. The highest BCUT2D eigenvalue weighted by Gasteiger charge is 2.57. The molecule has 1 fully saturated rings. The number of benzene rings is 2. The maximum atomic E-state index is 12.6. The zero-order chi connectivity index (χ0) is 22.4. The van der Waals surface area contributed by atoms with Gasteiger partial charge in [-0.2, -0.15) is 0 Å². The molecule has 2 heterocycles. The van der Waals surface area contributed by atoms with Crippen LogP contribution in [0.5, 0.6) is 11.5 Å². The van der Waals surface area contributed by atoms with Crippen LogP contribution in [-0.2, 0) is 10.2 Å². The molecular formula is C26H32N2O3. The van der Waals surface area contributed by atoms with Crippen molar-refractivity contribution in [2.24, 2.45) is 0 Å². The Morgan fingerprint density at radius 2 is 1.90 bits per heavy atom. The molecule has 0 unspecified atom stereocenters. The maximum Gasteiger partial charge on any atom is 0.223 e. The molecule has 5 nitrogen and oxygen atoms in total. The lowest BCUT2D eigenvalue weighted by molar-refractivity contribution is -0.124. The van der Waals surface area contributed by atoms with Crippen LogP contribution < -0.4 is 19.7 Å². The molecule has 2 aromatic carbocycles. The molecule has 5 heteroatoms. The summed E-state index contributed by atoms with van der Waals surface area (Å²) in [5.74, 6) is 1.50. The predicted octanol–water partition coefficient (Wildman–Crippen LogP) is 4.82. The molecule has 31 heavy (non-hydrogen) atoms. The third-order valence-electron chi connectivity index (χ3n) is 6.45. The quantitative estimate of drug-likeness (QED) is 0.754. The Morgan fingerprint density at radius 1 is 1.13 bits per heavy atom. The first-order valence-electron chi connectivity index (χ1n) is 10.9. The number of carbonyl (C=O) groups is 1. The van der Waals surface area contributed by atoms with E-state index in [1.807, 2.05) is 32.0 Å². The van der Waals surface area contributed by atoms with Crippen LogP contribution >= 0.6 is 0 Å². The van der Waals surface area contributed by atoms with Crippen molar-refractivity contribution >= 4 is 17.7 Å². The van der Waals surface area contributed by atoms with Crippen molar-refractivity contribution in [3.63, 3.8) is 0 Å². The number of hydrogen-bond donors (Lipinski definition) is 1. The van der Waals surface area contributed by atoms with Gasteiger partial charge in [-0.3, -0.25) is 4.79 Å². The molecule has 0 saturated carbocycles. The van der Waals surface area contributed by atoms with E-state index in [4.69, 9.17) is 9.47 Å². The van der Waals surface area contributed by atoms with Crippen molar-refractivity contribution in [1.82, 2.24) is 5.32 Å². The van der Waals surface area contributed by atoms with Gasteiger partial charge < -0.3 is 19.7 Å². The summed E-state index contributed by atoms with van der Waals surface area (Å²) in [5.41, 5.74) is 3.74. The number of carbonyl (C=O) groups excluding carboxylic acids is 1. The van der Waals surface area contributed by atoms with Crippen LogP contribution in [-0.4, -0.2) is 31.3 Å². The smallest absolute Gasteiger partial charge is 0.223 e. The summed E-state index contributed by atoms with van der Waals surface area (Å²) in [6, 6.07) is 12.5. The van der Waals surface area contributed by atoms with Gasteiger partial charge >= 0.3 is 0 Å². The number of nitrogens with zero attached hydrogens (tertiary/aromatic N) is 1. The zero-order valence-electron chi connectivity index (χ0n) is 19.3. The molecule has 1 amide bonds. The Hall–Kier alpha value is -2.95. The Balaban J connectivity index is 1.76. The van der Waals surface area contributed by atoms with Gasteiger partial charge in [-0.25, -0.2) is 0 Å². The normalized spacial score (nSPS) is 21.8. The van der Waals surface area contributed by atoms with Gasteiger partial charge in [-0.05, 0) is 56.2 Å². The molecule has 0 radical (unpaired) electrons. The molecule has 0 spiro atoms. The molecule has 1 saturated heterocycles. The van der Waals surface area contributed by atoms with Crippen LogP contribution in [0.2, 0.25) is 0 Å². The highest BCUT2D eigenvalue weighted by Crippen LogP contribution is 2.52. The fourth-order valence-corrected chi connectivity index (χ4v) is 4.82. The average Bonchev–Trinajstić information content (AvgIpc) is 2.90. The number of aryl methyl sites for hydroxylation is 1. The van der Waals surface area contributed by atoms with Gasteiger partial charge in [-0.1, -0.05) is 43.7 Å². The molecule has 0 bridgehead atoms. The van der Waals surface area contributed by atoms with Crippen LogP contribution in [0.3, 0.4) is 0 Å². The summed E-state index contributed by atoms with van der Waals surface area (Å²) in [6.45, 7) is 11.2. The Kier molecular flexibility index (Phi) is 5.24. The molecule has 0 aliphatic carbocycles. The second kappa shape index (κ2) is 7.63. The van der Waals surface area contributed by atoms with E-state index in [1.54, 1.807) is 7.11 Å². The summed E-state index contributed by atoms with van der Waals surface area (Å²) < 4.78 is 11.4. The number of rotatable bonds is 5. The second-order valence-electron chi connectivity index (χ2n) is 9.27. The largest absolute Gasteiger partial charge is 0.493 e. The Bertz CT molecular complexity index is 1040. The van der Waals surface area contributed by atoms with Gasteiger partial charge in [0.15, 0.2) is 11.5 Å². The summed E-state index contributed by atoms with van der Waals surface area (Å²) in [6.07, 6.45) is 4.77. The third-order valence-corrected chi connectivity index (χ3v) is 6.45. The lowest BCUT2D eigenvalue weighted by Crippen LogP contribution is -2.68. The highest BCUT2D eigenvalue weighted by atomic mass is 16.5. The summed E-state index contributed by atoms with van der Waals surface area (Å²) >= 11 is 0. The highest BCUT2D eigenvalue weighted by molar-refractivity contribution is 5.84. The number of fused-ring (bicyclic) bond motifs is 3. The number of amides is 1. The van der Waals surface area contributed by atoms with E-state index in [0.29, 0.717) is 18.7 Å². The molecule has 1 atom stereocenters. The first-order valence-corrected chi connectivity index (χ1v) is 10.9. The van der Waals surface area contributed by atoms with Crippen LogP contribution in [0.15, 0.2) is 42.5 Å². The Morgan fingerprint density at radius 3 is 2.61 bits per heavy atom. The maximum absolute atomic E-state index is 12.6. The van der Waals surface area contributed by atoms with Gasteiger partial charge in [0.1, 0.15) is 5.66 Å². The predicted molar refractivity (Wildman–Crippen MR) is 125 cm³/mol. The lowest BCUT2D eigenvalue weighted by Gasteiger charge is -2.49. The Labute approximate surface area is 185 Å². The first-order chi connectivity index (χ1) is 14.7. The van der Waals surface area contributed by atoms with Crippen molar-refractivity contribution in [2.45, 2.75) is 58.2 Å². The van der Waals surface area contributed by atoms with Crippen LogP contribution in [0.1, 0.15) is 50.8 Å². The van der Waals surface area contributed by atoms with Crippen molar-refractivity contribution < 1.29 is 14.3 Å². The molecular weight excluding hydrogens is 388 g/mol. The fraction of sp³-hybridized carbons (Fsp3) is 0.423. The minimum atomic E-state index is -0.626. The van der Waals surface area contributed by atoms with Crippen molar-refractivity contribution in [1.29, 1.82) is 0 Å². The van der Waals surface area contributed by atoms with E-state index in [-0.39, 0.29) is 17.4 Å². The molecule has 2 aliphatic heterocycles. The zero-order valence-corrected chi connectivity index (χ0v) is 19.3. The standard InChI is InChI=1S/C26H32N2O3/c1-17(2)31-22-10-8-19(16-23(22)30-6)11-13-26-25(4,5)20-15-18(3)7-9-21(20)28(26)14-12-24(29)27-26/h7-11,13,15-17H,12,14H2,1-6H3,(H,27,29)/b13-11+/t26-/m0/s1. The van der Waals surface area contributed by atoms with E-state index in [0.717, 1.165) is 11.3 Å². The van der Waals surface area contributed by atoms with Gasteiger partial charge in [0, 0.05) is 24.1 Å². The fourth-order valence-electron chi connectivity index (χ4n) is 4.82. The molecule has 2 aromatic rings. The van der Waals surface area contributed by atoms with Gasteiger partial charge in [0.05, 0.1) is 13.2 Å². The number of ether oxygens (including phenoxy) is 2. The third kappa shape index (κ3) is 3.46. The molecule has 164 valence electrons. The number of nitrogens with one attached hydrogen (secondary N) is 1. The summed E-state index contributed by atoms with van der Waals surface area (Å²) in [5, 5.41) is 3.33. The molecule has 1 N–H and O–H groups in total. The van der Waals surface area contributed by atoms with Crippen molar-refractivity contribution in [3.8, 4) is 11.5 Å². The first kappa shape index (κ1) is 21.3. The van der Waals surface area contributed by atoms with Gasteiger partial charge in [-0.15, -0.1) is 0 Å². The number of hydrogen-bond acceptors (Lipinski definition) is 4. The van der Waals surface area contributed by atoms with E-state index in [1.165, 1.54) is 16.8 Å². The van der Waals surface area contributed by atoms with Crippen molar-refractivity contribution in [3.05, 3.63) is 59.2 Å². The van der Waals surface area contributed by atoms with Gasteiger partial charge in [0.2, 0.25) is 5.91 Å². The summed E-state index contributed by atoms with van der Waals surface area (Å²) in [7, 11) is 1.65. The van der Waals surface area contributed by atoms with Crippen LogP contribution in [0.25, 0.3) is 6.08 Å².